The molecule has 0 N–H and O–H groups in total. The number of benzene rings is 1. The van der Waals surface area contributed by atoms with Crippen LogP contribution in [0.3, 0.4) is 0 Å². The number of alkyl halides is 1. The lowest BCUT2D eigenvalue weighted by molar-refractivity contribution is 0.0989. The zero-order valence-corrected chi connectivity index (χ0v) is 10.4. The molecule has 0 aromatic heterocycles. The van der Waals surface area contributed by atoms with Crippen molar-refractivity contribution >= 4 is 51.6 Å². The Morgan fingerprint density at radius 3 is 2.62 bits per heavy atom. The van der Waals surface area contributed by atoms with Gasteiger partial charge < -0.3 is 0 Å². The van der Waals surface area contributed by atoms with E-state index in [-0.39, 0.29) is 5.78 Å². The normalized spacial score (nSPS) is 10.1. The number of carbonyl (C=O) groups excluding carboxylic acids is 1. The first-order chi connectivity index (χ1) is 6.13. The summed E-state index contributed by atoms with van der Waals surface area (Å²) in [6.07, 6.45) is 0.359. The van der Waals surface area contributed by atoms with Crippen LogP contribution in [0.1, 0.15) is 16.8 Å². The van der Waals surface area contributed by atoms with Gasteiger partial charge in [0, 0.05) is 26.5 Å². The van der Waals surface area contributed by atoms with Crippen LogP contribution in [0.5, 0.6) is 0 Å². The molecule has 1 aromatic rings. The topological polar surface area (TPSA) is 17.1 Å². The van der Waals surface area contributed by atoms with Crippen molar-refractivity contribution in [3.8, 4) is 0 Å². The molecular weight excluding hydrogens is 322 g/mol. The minimum atomic E-state index is 0.0374. The Balaban J connectivity index is 2.94. The van der Waals surface area contributed by atoms with Crippen molar-refractivity contribution in [2.75, 3.05) is 5.88 Å². The van der Waals surface area contributed by atoms with Gasteiger partial charge in [-0.1, -0.05) is 11.6 Å². The van der Waals surface area contributed by atoms with E-state index in [1.165, 1.54) is 0 Å². The van der Waals surface area contributed by atoms with Crippen LogP contribution in [0.25, 0.3) is 0 Å². The van der Waals surface area contributed by atoms with Crippen LogP contribution in [0.15, 0.2) is 18.2 Å². The highest BCUT2D eigenvalue weighted by molar-refractivity contribution is 14.1. The van der Waals surface area contributed by atoms with E-state index in [4.69, 9.17) is 23.2 Å². The van der Waals surface area contributed by atoms with Crippen LogP contribution >= 0.6 is 45.8 Å². The van der Waals surface area contributed by atoms with Gasteiger partial charge in [0.15, 0.2) is 5.78 Å². The second-order valence-corrected chi connectivity index (χ2v) is 4.58. The average molecular weight is 329 g/mol. The lowest BCUT2D eigenvalue weighted by Gasteiger charge is -2.00. The number of rotatable bonds is 3. The van der Waals surface area contributed by atoms with Gasteiger partial charge in [-0.3, -0.25) is 4.79 Å². The van der Waals surface area contributed by atoms with Crippen LogP contribution in [0.4, 0.5) is 0 Å². The summed E-state index contributed by atoms with van der Waals surface area (Å²) in [5, 5.41) is 0.588. The lowest BCUT2D eigenvalue weighted by atomic mass is 10.1. The summed E-state index contributed by atoms with van der Waals surface area (Å²) in [5.41, 5.74) is 0.637. The summed E-state index contributed by atoms with van der Waals surface area (Å²) in [5.74, 6) is 0.387. The summed E-state index contributed by atoms with van der Waals surface area (Å²) in [4.78, 5) is 11.4. The average Bonchev–Trinajstić information content (AvgIpc) is 2.03. The molecular formula is C9H7Cl2IO. The van der Waals surface area contributed by atoms with Gasteiger partial charge in [0.25, 0.3) is 0 Å². The van der Waals surface area contributed by atoms with E-state index in [0.717, 1.165) is 3.57 Å². The van der Waals surface area contributed by atoms with E-state index in [9.17, 15) is 4.79 Å². The van der Waals surface area contributed by atoms with E-state index in [0.29, 0.717) is 22.9 Å². The molecule has 0 aliphatic rings. The number of ketones is 1. The van der Waals surface area contributed by atoms with Gasteiger partial charge in [-0.25, -0.2) is 0 Å². The van der Waals surface area contributed by atoms with E-state index in [2.05, 4.69) is 22.6 Å². The number of halogens is 3. The molecule has 0 saturated carbocycles. The maximum atomic E-state index is 11.4. The minimum Gasteiger partial charge on any atom is -0.294 e. The highest BCUT2D eigenvalue weighted by Crippen LogP contribution is 2.17. The first-order valence-electron chi connectivity index (χ1n) is 3.68. The van der Waals surface area contributed by atoms with Crippen molar-refractivity contribution in [3.05, 3.63) is 32.4 Å². The maximum absolute atomic E-state index is 11.4. The zero-order valence-electron chi connectivity index (χ0n) is 6.69. The highest BCUT2D eigenvalue weighted by atomic mass is 127. The fraction of sp³-hybridized carbons (Fsp3) is 0.222. The summed E-state index contributed by atoms with van der Waals surface area (Å²) >= 11 is 13.4. The van der Waals surface area contributed by atoms with Crippen LogP contribution in [0, 0.1) is 3.57 Å². The van der Waals surface area contributed by atoms with Crippen LogP contribution in [-0.2, 0) is 0 Å². The lowest BCUT2D eigenvalue weighted by Crippen LogP contribution is -1.99. The van der Waals surface area contributed by atoms with Crippen molar-refractivity contribution in [3.63, 3.8) is 0 Å². The fourth-order valence-electron chi connectivity index (χ4n) is 0.945. The number of Topliss-reactive ketones (excluding diaryl/α,β-unsaturated/α-hetero) is 1. The van der Waals surface area contributed by atoms with E-state index < -0.39 is 0 Å². The Bertz CT molecular complexity index is 305. The third-order valence-electron chi connectivity index (χ3n) is 1.51. The monoisotopic (exact) mass is 328 g/mol. The third kappa shape index (κ3) is 3.44. The van der Waals surface area contributed by atoms with Gasteiger partial charge in [0.1, 0.15) is 0 Å². The summed E-state index contributed by atoms with van der Waals surface area (Å²) in [6, 6.07) is 5.28. The summed E-state index contributed by atoms with van der Waals surface area (Å²) < 4.78 is 0.961. The standard InChI is InChI=1S/C9H7Cl2IO/c10-2-1-9(13)6-3-7(11)5-8(12)4-6/h3-5H,1-2H2. The SMILES string of the molecule is O=C(CCCl)c1cc(Cl)cc(I)c1. The Labute approximate surface area is 101 Å². The Morgan fingerprint density at radius 1 is 1.38 bits per heavy atom. The van der Waals surface area contributed by atoms with Crippen molar-refractivity contribution in [2.45, 2.75) is 6.42 Å². The predicted octanol–water partition coefficient (Wildman–Crippen LogP) is 3.76. The second-order valence-electron chi connectivity index (χ2n) is 2.52. The molecule has 0 unspecified atom stereocenters. The molecule has 0 aliphatic carbocycles. The van der Waals surface area contributed by atoms with Gasteiger partial charge in [0.05, 0.1) is 0 Å². The molecule has 4 heteroatoms. The van der Waals surface area contributed by atoms with Gasteiger partial charge in [-0.2, -0.15) is 0 Å². The van der Waals surface area contributed by atoms with E-state index >= 15 is 0 Å². The van der Waals surface area contributed by atoms with Crippen LogP contribution in [0.2, 0.25) is 5.02 Å². The Hall–Kier alpha value is 0.200. The molecule has 0 heterocycles. The highest BCUT2D eigenvalue weighted by Gasteiger charge is 2.06. The summed E-state index contributed by atoms with van der Waals surface area (Å²) in [6.45, 7) is 0. The molecule has 1 nitrogen and oxygen atoms in total. The third-order valence-corrected chi connectivity index (χ3v) is 2.54. The van der Waals surface area contributed by atoms with Crippen molar-refractivity contribution in [1.82, 2.24) is 0 Å². The van der Waals surface area contributed by atoms with Crippen molar-refractivity contribution in [1.29, 1.82) is 0 Å². The first-order valence-corrected chi connectivity index (χ1v) is 5.68. The van der Waals surface area contributed by atoms with Gasteiger partial charge in [-0.05, 0) is 40.8 Å². The molecule has 1 rings (SSSR count). The van der Waals surface area contributed by atoms with Crippen LogP contribution in [-0.4, -0.2) is 11.7 Å². The molecule has 0 radical (unpaired) electrons. The second kappa shape index (κ2) is 5.17. The Morgan fingerprint density at radius 2 is 2.08 bits per heavy atom. The largest absolute Gasteiger partial charge is 0.294 e. The molecule has 0 bridgehead atoms. The number of hydrogen-bond acceptors (Lipinski definition) is 1. The van der Waals surface area contributed by atoms with Gasteiger partial charge in [0.2, 0.25) is 0 Å². The minimum absolute atomic E-state index is 0.0374. The van der Waals surface area contributed by atoms with Crippen LogP contribution < -0.4 is 0 Å². The number of carbonyl (C=O) groups is 1. The molecule has 0 aliphatic heterocycles. The van der Waals surface area contributed by atoms with Crippen molar-refractivity contribution < 1.29 is 4.79 Å². The molecule has 13 heavy (non-hydrogen) atoms. The van der Waals surface area contributed by atoms with E-state index in [1.807, 2.05) is 0 Å². The molecule has 0 saturated heterocycles. The molecule has 70 valence electrons. The smallest absolute Gasteiger partial charge is 0.164 e. The molecule has 0 amide bonds. The molecule has 1 aromatic carbocycles. The molecule has 0 fully saturated rings. The van der Waals surface area contributed by atoms with E-state index in [1.54, 1.807) is 18.2 Å². The Kier molecular flexibility index (Phi) is 4.49. The van der Waals surface area contributed by atoms with Crippen molar-refractivity contribution in [2.24, 2.45) is 0 Å². The quantitative estimate of drug-likeness (QED) is 0.469. The fourth-order valence-corrected chi connectivity index (χ4v) is 2.21. The number of hydrogen-bond donors (Lipinski definition) is 0. The summed E-state index contributed by atoms with van der Waals surface area (Å²) in [7, 11) is 0. The first kappa shape index (κ1) is 11.3. The molecule has 0 spiro atoms. The van der Waals surface area contributed by atoms with Gasteiger partial charge >= 0.3 is 0 Å². The molecule has 0 atom stereocenters. The van der Waals surface area contributed by atoms with Gasteiger partial charge in [-0.15, -0.1) is 11.6 Å². The zero-order chi connectivity index (χ0) is 9.84. The maximum Gasteiger partial charge on any atom is 0.164 e. The predicted molar refractivity (Wildman–Crippen MR) is 63.8 cm³/mol.